The monoisotopic (exact) mass is 276 g/mol. The van der Waals surface area contributed by atoms with Crippen LogP contribution in [0.1, 0.15) is 37.2 Å². The first kappa shape index (κ1) is 14.0. The Hall–Kier alpha value is -1.42. The zero-order valence-corrected chi connectivity index (χ0v) is 11.8. The van der Waals surface area contributed by atoms with Crippen LogP contribution in [0, 0.1) is 5.92 Å². The van der Waals surface area contributed by atoms with E-state index in [-0.39, 0.29) is 10.9 Å². The number of nitrogens with two attached hydrogens (primary N) is 1. The van der Waals surface area contributed by atoms with Gasteiger partial charge in [0, 0.05) is 6.54 Å². The van der Waals surface area contributed by atoms with Crippen molar-refractivity contribution in [2.75, 3.05) is 6.54 Å². The van der Waals surface area contributed by atoms with Crippen molar-refractivity contribution in [1.29, 1.82) is 0 Å². The zero-order valence-electron chi connectivity index (χ0n) is 11.0. The van der Waals surface area contributed by atoms with E-state index in [0.29, 0.717) is 0 Å². The highest BCUT2D eigenvalue weighted by Gasteiger charge is 2.23. The van der Waals surface area contributed by atoms with Crippen LogP contribution in [0.5, 0.6) is 0 Å². The first-order chi connectivity index (χ1) is 9.18. The number of rotatable bonds is 6. The Kier molecular flexibility index (Phi) is 4.91. The van der Waals surface area contributed by atoms with E-state index in [1.54, 1.807) is 0 Å². The SMILES string of the molecule is NC(=S)C(C(=O)NCCC1CCC1)c1ccccc1. The van der Waals surface area contributed by atoms with Gasteiger partial charge in [-0.2, -0.15) is 0 Å². The van der Waals surface area contributed by atoms with Crippen molar-refractivity contribution in [3.63, 3.8) is 0 Å². The lowest BCUT2D eigenvalue weighted by atomic mass is 9.83. The minimum Gasteiger partial charge on any atom is -0.392 e. The van der Waals surface area contributed by atoms with E-state index < -0.39 is 5.92 Å². The predicted molar refractivity (Wildman–Crippen MR) is 80.9 cm³/mol. The zero-order chi connectivity index (χ0) is 13.7. The van der Waals surface area contributed by atoms with Crippen molar-refractivity contribution in [1.82, 2.24) is 5.32 Å². The second-order valence-electron chi connectivity index (χ2n) is 5.12. The number of hydrogen-bond acceptors (Lipinski definition) is 2. The molecule has 1 aromatic carbocycles. The summed E-state index contributed by atoms with van der Waals surface area (Å²) in [5.74, 6) is 0.191. The fraction of sp³-hybridized carbons (Fsp3) is 0.467. The van der Waals surface area contributed by atoms with Gasteiger partial charge in [0.2, 0.25) is 5.91 Å². The van der Waals surface area contributed by atoms with E-state index >= 15 is 0 Å². The fourth-order valence-corrected chi connectivity index (χ4v) is 2.62. The van der Waals surface area contributed by atoms with Crippen molar-refractivity contribution in [3.8, 4) is 0 Å². The molecule has 0 saturated heterocycles. The second kappa shape index (κ2) is 6.66. The number of carbonyl (C=O) groups is 1. The van der Waals surface area contributed by atoms with E-state index in [0.717, 1.165) is 24.4 Å². The number of hydrogen-bond donors (Lipinski definition) is 2. The van der Waals surface area contributed by atoms with E-state index in [9.17, 15) is 4.79 Å². The summed E-state index contributed by atoms with van der Waals surface area (Å²) >= 11 is 5.03. The molecule has 1 aliphatic carbocycles. The van der Waals surface area contributed by atoms with Gasteiger partial charge in [-0.25, -0.2) is 0 Å². The Morgan fingerprint density at radius 1 is 1.37 bits per heavy atom. The standard InChI is InChI=1S/C15H20N2OS/c16-14(19)13(12-7-2-1-3-8-12)15(18)17-10-9-11-5-4-6-11/h1-3,7-8,11,13H,4-6,9-10H2,(H2,16,19)(H,17,18). The Morgan fingerprint density at radius 3 is 2.58 bits per heavy atom. The molecule has 1 fully saturated rings. The minimum absolute atomic E-state index is 0.0852. The van der Waals surface area contributed by atoms with E-state index in [1.165, 1.54) is 19.3 Å². The van der Waals surface area contributed by atoms with Gasteiger partial charge in [0.1, 0.15) is 5.92 Å². The third-order valence-electron chi connectivity index (χ3n) is 3.76. The molecular weight excluding hydrogens is 256 g/mol. The summed E-state index contributed by atoms with van der Waals surface area (Å²) in [6, 6.07) is 9.46. The third kappa shape index (κ3) is 3.77. The lowest BCUT2D eigenvalue weighted by Crippen LogP contribution is -2.37. The van der Waals surface area contributed by atoms with Crippen LogP contribution in [0.4, 0.5) is 0 Å². The van der Waals surface area contributed by atoms with E-state index in [2.05, 4.69) is 5.32 Å². The van der Waals surface area contributed by atoms with Crippen LogP contribution in [0.15, 0.2) is 30.3 Å². The summed E-state index contributed by atoms with van der Waals surface area (Å²) in [6.07, 6.45) is 4.99. The Morgan fingerprint density at radius 2 is 2.05 bits per heavy atom. The molecule has 0 spiro atoms. The van der Waals surface area contributed by atoms with Gasteiger partial charge in [0.05, 0.1) is 4.99 Å². The molecular formula is C15H20N2OS. The summed E-state index contributed by atoms with van der Waals surface area (Å²) in [5.41, 5.74) is 6.57. The average molecular weight is 276 g/mol. The number of benzene rings is 1. The maximum absolute atomic E-state index is 12.2. The molecule has 1 aliphatic rings. The fourth-order valence-electron chi connectivity index (χ4n) is 2.37. The molecule has 1 unspecified atom stereocenters. The van der Waals surface area contributed by atoms with Crippen LogP contribution >= 0.6 is 12.2 Å². The lowest BCUT2D eigenvalue weighted by molar-refractivity contribution is -0.121. The van der Waals surface area contributed by atoms with Crippen LogP contribution in [-0.4, -0.2) is 17.4 Å². The van der Waals surface area contributed by atoms with Crippen LogP contribution in [-0.2, 0) is 4.79 Å². The molecule has 0 aromatic heterocycles. The molecule has 3 nitrogen and oxygen atoms in total. The lowest BCUT2D eigenvalue weighted by Gasteiger charge is -2.25. The second-order valence-corrected chi connectivity index (χ2v) is 5.59. The van der Waals surface area contributed by atoms with Gasteiger partial charge in [-0.05, 0) is 17.9 Å². The summed E-state index contributed by atoms with van der Waals surface area (Å²) in [6.45, 7) is 0.718. The molecule has 0 bridgehead atoms. The summed E-state index contributed by atoms with van der Waals surface area (Å²) < 4.78 is 0. The third-order valence-corrected chi connectivity index (χ3v) is 3.99. The molecule has 0 heterocycles. The van der Waals surface area contributed by atoms with Crippen LogP contribution in [0.2, 0.25) is 0 Å². The predicted octanol–water partition coefficient (Wildman–Crippen LogP) is 2.36. The molecule has 0 aliphatic heterocycles. The van der Waals surface area contributed by atoms with Crippen molar-refractivity contribution in [3.05, 3.63) is 35.9 Å². The van der Waals surface area contributed by atoms with Crippen molar-refractivity contribution in [2.45, 2.75) is 31.6 Å². The van der Waals surface area contributed by atoms with Crippen LogP contribution in [0.3, 0.4) is 0 Å². The minimum atomic E-state index is -0.516. The highest BCUT2D eigenvalue weighted by Crippen LogP contribution is 2.28. The largest absolute Gasteiger partial charge is 0.392 e. The number of thiocarbonyl (C=S) groups is 1. The highest BCUT2D eigenvalue weighted by atomic mass is 32.1. The highest BCUT2D eigenvalue weighted by molar-refractivity contribution is 7.80. The normalized spacial score (nSPS) is 16.4. The molecule has 2 rings (SSSR count). The average Bonchev–Trinajstić information content (AvgIpc) is 2.33. The molecule has 4 heteroatoms. The summed E-state index contributed by atoms with van der Waals surface area (Å²) in [5, 5.41) is 2.96. The Balaban J connectivity index is 1.91. The van der Waals surface area contributed by atoms with Gasteiger partial charge in [-0.15, -0.1) is 0 Å². The topological polar surface area (TPSA) is 55.1 Å². The number of amides is 1. The smallest absolute Gasteiger partial charge is 0.234 e. The van der Waals surface area contributed by atoms with E-state index in [4.69, 9.17) is 18.0 Å². The van der Waals surface area contributed by atoms with Crippen LogP contribution in [0.25, 0.3) is 0 Å². The Bertz CT molecular complexity index is 443. The quantitative estimate of drug-likeness (QED) is 0.784. The first-order valence-corrected chi connectivity index (χ1v) is 7.21. The molecule has 3 N–H and O–H groups in total. The van der Waals surface area contributed by atoms with Gasteiger partial charge in [-0.1, -0.05) is 61.8 Å². The van der Waals surface area contributed by atoms with Gasteiger partial charge >= 0.3 is 0 Å². The van der Waals surface area contributed by atoms with Gasteiger partial charge in [0.15, 0.2) is 0 Å². The van der Waals surface area contributed by atoms with Gasteiger partial charge in [0.25, 0.3) is 0 Å². The van der Waals surface area contributed by atoms with Crippen LogP contribution < -0.4 is 11.1 Å². The molecule has 0 radical (unpaired) electrons. The molecule has 1 atom stereocenters. The maximum atomic E-state index is 12.2. The summed E-state index contributed by atoms with van der Waals surface area (Å²) in [7, 11) is 0. The molecule has 19 heavy (non-hydrogen) atoms. The molecule has 1 saturated carbocycles. The van der Waals surface area contributed by atoms with Gasteiger partial charge < -0.3 is 11.1 Å². The van der Waals surface area contributed by atoms with Crippen molar-refractivity contribution in [2.24, 2.45) is 11.7 Å². The van der Waals surface area contributed by atoms with Crippen molar-refractivity contribution < 1.29 is 4.79 Å². The molecule has 102 valence electrons. The first-order valence-electron chi connectivity index (χ1n) is 6.80. The molecule has 1 aromatic rings. The summed E-state index contributed by atoms with van der Waals surface area (Å²) in [4.78, 5) is 12.4. The number of nitrogens with one attached hydrogen (secondary N) is 1. The Labute approximate surface area is 119 Å². The van der Waals surface area contributed by atoms with Crippen molar-refractivity contribution >= 4 is 23.1 Å². The molecule has 1 amide bonds. The maximum Gasteiger partial charge on any atom is 0.234 e. The van der Waals surface area contributed by atoms with E-state index in [1.807, 2.05) is 30.3 Å². The number of carbonyl (C=O) groups excluding carboxylic acids is 1. The van der Waals surface area contributed by atoms with Gasteiger partial charge in [-0.3, -0.25) is 4.79 Å².